The van der Waals surface area contributed by atoms with E-state index in [9.17, 15) is 24.3 Å². The number of nitrogens with zero attached hydrogens (tertiary/aromatic N) is 2. The van der Waals surface area contributed by atoms with Crippen LogP contribution in [0.15, 0.2) is 5.16 Å². The number of fused-ring (bicyclic) bond motifs is 1. The van der Waals surface area contributed by atoms with Crippen molar-refractivity contribution >= 4 is 57.0 Å². The van der Waals surface area contributed by atoms with Gasteiger partial charge in [-0.15, -0.1) is 11.8 Å². The third kappa shape index (κ3) is 3.71. The van der Waals surface area contributed by atoms with Gasteiger partial charge in [-0.05, 0) is 0 Å². The molecule has 0 aromatic heterocycles. The number of alkyl halides is 1. The maximum atomic E-state index is 12.4. The first kappa shape index (κ1) is 20.6. The number of carbonyl (C=O) groups excluding carboxylic acids is 3. The summed E-state index contributed by atoms with van der Waals surface area (Å²) >= 11 is 4.19. The van der Waals surface area contributed by atoms with Gasteiger partial charge in [0, 0.05) is 19.4 Å². The Bertz CT molecular complexity index is 658. The summed E-state index contributed by atoms with van der Waals surface area (Å²) in [5.74, 6) is -2.63. The van der Waals surface area contributed by atoms with Crippen LogP contribution >= 0.6 is 27.7 Å². The maximum absolute atomic E-state index is 12.4. The van der Waals surface area contributed by atoms with E-state index in [2.05, 4.69) is 31.2 Å². The molecular weight excluding hydrogens is 434 g/mol. The Hall–Kier alpha value is -1.66. The molecule has 0 aliphatic carbocycles. The molecule has 2 saturated heterocycles. The summed E-state index contributed by atoms with van der Waals surface area (Å²) in [6.45, 7) is -0.0222. The fourth-order valence-corrected chi connectivity index (χ4v) is 4.55. The van der Waals surface area contributed by atoms with Crippen molar-refractivity contribution in [3.8, 4) is 0 Å². The molecule has 0 bridgehead atoms. The van der Waals surface area contributed by atoms with Crippen LogP contribution in [0.1, 0.15) is 0 Å². The number of amides is 2. The lowest BCUT2D eigenvalue weighted by Gasteiger charge is -2.53. The molecule has 0 aromatic rings. The Balaban J connectivity index is 2.07. The lowest BCUT2D eigenvalue weighted by atomic mass is 9.88. The van der Waals surface area contributed by atoms with Crippen LogP contribution in [0.3, 0.4) is 0 Å². The number of Topliss-reactive ketones (excluding diaryl/α,β-unsaturated/α-hetero) is 1. The van der Waals surface area contributed by atoms with Gasteiger partial charge in [0.1, 0.15) is 23.9 Å². The predicted molar refractivity (Wildman–Crippen MR) is 95.1 cm³/mol. The number of carbonyl (C=O) groups is 4. The molecule has 2 amide bonds. The summed E-state index contributed by atoms with van der Waals surface area (Å²) in [7, 11) is 2.60. The summed E-state index contributed by atoms with van der Waals surface area (Å²) in [4.78, 5) is 53.8. The van der Waals surface area contributed by atoms with Crippen molar-refractivity contribution in [1.82, 2.24) is 10.2 Å². The number of nitrogens with one attached hydrogen (secondary N) is 1. The summed E-state index contributed by atoms with van der Waals surface area (Å²) in [5, 5.41) is 14.8. The van der Waals surface area contributed by atoms with Crippen LogP contribution in [0.4, 0.5) is 0 Å². The molecule has 0 aromatic carbocycles. The Morgan fingerprint density at radius 1 is 1.46 bits per heavy atom. The lowest BCUT2D eigenvalue weighted by Crippen LogP contribution is -2.74. The Kier molecular flexibility index (Phi) is 6.64. The molecule has 2 aliphatic rings. The predicted octanol–water partition coefficient (Wildman–Crippen LogP) is -0.930. The quantitative estimate of drug-likeness (QED) is 0.159. The summed E-state index contributed by atoms with van der Waals surface area (Å²) in [6, 6.07) is -0.855. The molecule has 10 nitrogen and oxygen atoms in total. The van der Waals surface area contributed by atoms with Crippen molar-refractivity contribution in [3.63, 3.8) is 0 Å². The van der Waals surface area contributed by atoms with Crippen LogP contribution in [0.25, 0.3) is 0 Å². The highest BCUT2D eigenvalue weighted by atomic mass is 79.9. The third-order valence-corrected chi connectivity index (χ3v) is 6.19. The van der Waals surface area contributed by atoms with Crippen LogP contribution in [0, 0.1) is 5.41 Å². The minimum Gasteiger partial charge on any atom is -0.481 e. The Labute approximate surface area is 161 Å². The molecule has 12 heteroatoms. The number of carboxylic acid groups (broad SMARTS) is 1. The zero-order valence-electron chi connectivity index (χ0n) is 14.1. The first-order valence-electron chi connectivity index (χ1n) is 7.47. The number of oxime groups is 1. The normalized spacial score (nSPS) is 28.0. The molecule has 3 atom stereocenters. The van der Waals surface area contributed by atoms with Crippen molar-refractivity contribution in [3.05, 3.63) is 0 Å². The zero-order chi connectivity index (χ0) is 19.5. The van der Waals surface area contributed by atoms with E-state index in [1.807, 2.05) is 0 Å². The van der Waals surface area contributed by atoms with Gasteiger partial charge in [-0.25, -0.2) is 0 Å². The second-order valence-corrected chi connectivity index (χ2v) is 7.48. The molecule has 2 aliphatic heterocycles. The smallest absolute Gasteiger partial charge is 0.314 e. The van der Waals surface area contributed by atoms with Crippen LogP contribution in [-0.2, 0) is 28.8 Å². The van der Waals surface area contributed by atoms with Gasteiger partial charge >= 0.3 is 5.97 Å². The van der Waals surface area contributed by atoms with Crippen molar-refractivity contribution in [1.29, 1.82) is 0 Å². The summed E-state index contributed by atoms with van der Waals surface area (Å²) in [5.41, 5.74) is -1.63. The van der Waals surface area contributed by atoms with E-state index in [1.54, 1.807) is 0 Å². The fraction of sp³-hybridized carbons (Fsp3) is 0.643. The molecule has 2 unspecified atom stereocenters. The van der Waals surface area contributed by atoms with Gasteiger partial charge in [0.05, 0.1) is 11.9 Å². The Morgan fingerprint density at radius 2 is 2.15 bits per heavy atom. The van der Waals surface area contributed by atoms with Crippen molar-refractivity contribution in [2.75, 3.05) is 38.5 Å². The number of methoxy groups -OCH3 is 1. The van der Waals surface area contributed by atoms with Gasteiger partial charge in [0.2, 0.25) is 17.4 Å². The number of carboxylic acids is 1. The van der Waals surface area contributed by atoms with Crippen LogP contribution in [-0.4, -0.2) is 89.2 Å². The van der Waals surface area contributed by atoms with E-state index >= 15 is 0 Å². The van der Waals surface area contributed by atoms with E-state index < -0.39 is 46.1 Å². The minimum absolute atomic E-state index is 0.00160. The zero-order valence-corrected chi connectivity index (χ0v) is 16.5. The average molecular weight is 452 g/mol. The number of β-lactam (4-membered cyclic amide) rings is 1. The van der Waals surface area contributed by atoms with Gasteiger partial charge in [0.25, 0.3) is 5.91 Å². The van der Waals surface area contributed by atoms with Crippen LogP contribution in [0.5, 0.6) is 0 Å². The monoisotopic (exact) mass is 451 g/mol. The molecule has 0 saturated carbocycles. The number of hydrogen-bond donors (Lipinski definition) is 2. The van der Waals surface area contributed by atoms with Gasteiger partial charge < -0.3 is 24.9 Å². The van der Waals surface area contributed by atoms with Gasteiger partial charge in [-0.2, -0.15) is 0 Å². The van der Waals surface area contributed by atoms with Crippen molar-refractivity contribution in [2.45, 2.75) is 11.4 Å². The molecule has 144 valence electrons. The molecule has 2 fully saturated rings. The van der Waals surface area contributed by atoms with E-state index in [4.69, 9.17) is 4.74 Å². The third-order valence-electron chi connectivity index (χ3n) is 4.09. The summed E-state index contributed by atoms with van der Waals surface area (Å²) < 4.78 is 5.00. The first-order chi connectivity index (χ1) is 12.3. The van der Waals surface area contributed by atoms with E-state index in [0.29, 0.717) is 0 Å². The maximum Gasteiger partial charge on any atom is 0.314 e. The van der Waals surface area contributed by atoms with E-state index in [-0.39, 0.29) is 24.2 Å². The molecule has 0 spiro atoms. The molecular formula is C14H18BrN3O7S. The number of rotatable bonds is 8. The van der Waals surface area contributed by atoms with Crippen molar-refractivity contribution < 1.29 is 33.9 Å². The van der Waals surface area contributed by atoms with Crippen molar-refractivity contribution in [2.24, 2.45) is 10.6 Å². The fourth-order valence-electron chi connectivity index (χ4n) is 2.77. The van der Waals surface area contributed by atoms with E-state index in [0.717, 1.165) is 0 Å². The molecule has 0 radical (unpaired) electrons. The number of halogens is 1. The van der Waals surface area contributed by atoms with Crippen LogP contribution in [0.2, 0.25) is 0 Å². The molecule has 2 heterocycles. The number of thioether (sulfide) groups is 1. The van der Waals surface area contributed by atoms with Gasteiger partial charge in [-0.1, -0.05) is 21.1 Å². The highest BCUT2D eigenvalue weighted by Crippen LogP contribution is 2.42. The highest BCUT2D eigenvalue weighted by molar-refractivity contribution is 9.09. The molecule has 2 N–H and O–H groups in total. The van der Waals surface area contributed by atoms with Gasteiger partial charge in [-0.3, -0.25) is 19.2 Å². The highest BCUT2D eigenvalue weighted by Gasteiger charge is 2.57. The topological polar surface area (TPSA) is 135 Å². The molecule has 2 rings (SSSR count). The first-order valence-corrected chi connectivity index (χ1v) is 9.64. The SMILES string of the molecule is COCC1(C(=O)O)CS[C@@H]2C(NC(=O)C(=NOC)C(=O)CBr)C(=O)N2C1. The standard InChI is InChI=1S/C14H18BrN3O7S/c1-24-5-14(13(22)23)4-18-11(21)9(12(18)26-6-14)16-10(20)8(17-25-2)7(19)3-15/h9,12H,3-6H2,1-2H3,(H,16,20)(H,22,23)/t9?,12-,14?/m1/s1. The summed E-state index contributed by atoms with van der Waals surface area (Å²) in [6.07, 6.45) is 0. The number of ether oxygens (including phenoxy) is 1. The van der Waals surface area contributed by atoms with E-state index in [1.165, 1.54) is 30.9 Å². The van der Waals surface area contributed by atoms with Crippen LogP contribution < -0.4 is 5.32 Å². The second kappa shape index (κ2) is 8.35. The number of aliphatic carboxylic acids is 1. The number of hydrogen-bond acceptors (Lipinski definition) is 8. The van der Waals surface area contributed by atoms with Gasteiger partial charge in [0.15, 0.2) is 0 Å². The lowest BCUT2D eigenvalue weighted by molar-refractivity contribution is -0.161. The molecule has 26 heavy (non-hydrogen) atoms. The number of ketones is 1. The Morgan fingerprint density at radius 3 is 2.69 bits per heavy atom. The average Bonchev–Trinajstić information content (AvgIpc) is 2.63. The minimum atomic E-state index is -1.19. The largest absolute Gasteiger partial charge is 0.481 e. The second-order valence-electron chi connectivity index (χ2n) is 5.82.